The van der Waals surface area contributed by atoms with E-state index in [1.807, 2.05) is 18.2 Å². The zero-order valence-corrected chi connectivity index (χ0v) is 13.2. The van der Waals surface area contributed by atoms with Crippen molar-refractivity contribution in [3.05, 3.63) is 66.4 Å². The standard InChI is InChI=1S/C16H10BrNO2S/c17-11-10-13-12-18(16-9-5-4-8-15(13)16)21(19,20)14-6-2-1-3-7-14/h1-9,12H. The summed E-state index contributed by atoms with van der Waals surface area (Å²) in [5.41, 5.74) is 1.29. The van der Waals surface area contributed by atoms with Crippen molar-refractivity contribution in [1.82, 2.24) is 3.97 Å². The van der Waals surface area contributed by atoms with Crippen LogP contribution in [0.1, 0.15) is 5.56 Å². The van der Waals surface area contributed by atoms with E-state index in [1.165, 1.54) is 3.97 Å². The van der Waals surface area contributed by atoms with Crippen molar-refractivity contribution in [1.29, 1.82) is 0 Å². The Hall–Kier alpha value is -2.03. The minimum absolute atomic E-state index is 0.254. The Kier molecular flexibility index (Phi) is 3.58. The Bertz CT molecular complexity index is 964. The third kappa shape index (κ3) is 2.37. The van der Waals surface area contributed by atoms with Crippen LogP contribution in [0.3, 0.4) is 0 Å². The van der Waals surface area contributed by atoms with Gasteiger partial charge in [-0.1, -0.05) is 42.3 Å². The number of rotatable bonds is 2. The fourth-order valence-corrected chi connectivity index (χ4v) is 3.81. The molecule has 0 radical (unpaired) electrons. The lowest BCUT2D eigenvalue weighted by molar-refractivity contribution is 0.589. The second-order valence-corrected chi connectivity index (χ2v) is 6.60. The molecule has 0 aliphatic carbocycles. The van der Waals surface area contributed by atoms with Crippen LogP contribution in [0.2, 0.25) is 0 Å². The van der Waals surface area contributed by atoms with Gasteiger partial charge in [0.2, 0.25) is 0 Å². The van der Waals surface area contributed by atoms with Gasteiger partial charge in [-0.2, -0.15) is 0 Å². The summed E-state index contributed by atoms with van der Waals surface area (Å²) in [5, 5.41) is 0.809. The molecule has 3 aromatic rings. The van der Waals surface area contributed by atoms with Crippen LogP contribution in [0.15, 0.2) is 65.7 Å². The molecule has 0 saturated heterocycles. The van der Waals surface area contributed by atoms with Gasteiger partial charge in [-0.05, 0) is 23.0 Å². The first kappa shape index (κ1) is 13.9. The smallest absolute Gasteiger partial charge is 0.240 e. The number of halogens is 1. The summed E-state index contributed by atoms with van der Waals surface area (Å²) in [6.45, 7) is 0. The molecule has 2 aromatic carbocycles. The Morgan fingerprint density at radius 2 is 1.62 bits per heavy atom. The van der Waals surface area contributed by atoms with Crippen LogP contribution in [0.5, 0.6) is 0 Å². The van der Waals surface area contributed by atoms with Gasteiger partial charge in [0.25, 0.3) is 10.0 Å². The Morgan fingerprint density at radius 1 is 0.952 bits per heavy atom. The predicted molar refractivity (Wildman–Crippen MR) is 86.8 cm³/mol. The van der Waals surface area contributed by atoms with Crippen LogP contribution in [-0.4, -0.2) is 12.4 Å². The van der Waals surface area contributed by atoms with E-state index in [4.69, 9.17) is 0 Å². The monoisotopic (exact) mass is 359 g/mol. The SMILES string of the molecule is O=S(=O)(c1ccccc1)n1cc(C#CBr)c2ccccc21. The van der Waals surface area contributed by atoms with Gasteiger partial charge >= 0.3 is 0 Å². The van der Waals surface area contributed by atoms with E-state index >= 15 is 0 Å². The first-order valence-electron chi connectivity index (χ1n) is 6.17. The zero-order chi connectivity index (χ0) is 14.9. The summed E-state index contributed by atoms with van der Waals surface area (Å²) in [6, 6.07) is 15.7. The summed E-state index contributed by atoms with van der Waals surface area (Å²) in [6.07, 6.45) is 1.56. The van der Waals surface area contributed by atoms with Gasteiger partial charge in [-0.25, -0.2) is 12.4 Å². The largest absolute Gasteiger partial charge is 0.268 e. The minimum Gasteiger partial charge on any atom is -0.240 e. The van der Waals surface area contributed by atoms with Crippen molar-refractivity contribution >= 4 is 36.9 Å². The summed E-state index contributed by atoms with van der Waals surface area (Å²) < 4.78 is 26.8. The van der Waals surface area contributed by atoms with Crippen LogP contribution >= 0.6 is 15.9 Å². The molecule has 104 valence electrons. The summed E-state index contributed by atoms with van der Waals surface area (Å²) in [4.78, 5) is 2.89. The first-order valence-corrected chi connectivity index (χ1v) is 8.40. The van der Waals surface area contributed by atoms with Gasteiger partial charge in [-0.15, -0.1) is 0 Å². The lowest BCUT2D eigenvalue weighted by atomic mass is 10.2. The van der Waals surface area contributed by atoms with Crippen LogP contribution in [-0.2, 0) is 10.0 Å². The highest BCUT2D eigenvalue weighted by molar-refractivity contribution is 9.12. The number of hydrogen-bond acceptors (Lipinski definition) is 2. The number of fused-ring (bicyclic) bond motifs is 1. The maximum Gasteiger partial charge on any atom is 0.268 e. The molecule has 0 atom stereocenters. The minimum atomic E-state index is -3.63. The summed E-state index contributed by atoms with van der Waals surface area (Å²) in [7, 11) is -3.63. The molecule has 0 fully saturated rings. The maximum atomic E-state index is 12.8. The summed E-state index contributed by atoms with van der Waals surface area (Å²) in [5.74, 6) is 2.88. The molecule has 0 bridgehead atoms. The highest BCUT2D eigenvalue weighted by Gasteiger charge is 2.20. The molecular weight excluding hydrogens is 350 g/mol. The van der Waals surface area contributed by atoms with Crippen LogP contribution in [0, 0.1) is 10.8 Å². The average Bonchev–Trinajstić information content (AvgIpc) is 2.88. The molecular formula is C16H10BrNO2S. The highest BCUT2D eigenvalue weighted by Crippen LogP contribution is 2.25. The van der Waals surface area contributed by atoms with Crippen molar-refractivity contribution in [2.75, 3.05) is 0 Å². The molecule has 3 rings (SSSR count). The number of aromatic nitrogens is 1. The molecule has 0 aliphatic heterocycles. The second-order valence-electron chi connectivity index (χ2n) is 4.39. The molecule has 0 N–H and O–H groups in total. The first-order chi connectivity index (χ1) is 10.1. The Balaban J connectivity index is 2.33. The highest BCUT2D eigenvalue weighted by atomic mass is 79.9. The molecule has 1 heterocycles. The lowest BCUT2D eigenvalue weighted by Crippen LogP contribution is -2.11. The van der Waals surface area contributed by atoms with E-state index in [1.54, 1.807) is 42.6 Å². The molecule has 0 aliphatic rings. The topological polar surface area (TPSA) is 39.1 Å². The molecule has 0 spiro atoms. The molecule has 1 aromatic heterocycles. The van der Waals surface area contributed by atoms with Crippen molar-refractivity contribution in [2.24, 2.45) is 0 Å². The number of hydrogen-bond donors (Lipinski definition) is 0. The van der Waals surface area contributed by atoms with Gasteiger partial charge in [0.15, 0.2) is 0 Å². The normalized spacial score (nSPS) is 11.1. The maximum absolute atomic E-state index is 12.8. The molecule has 5 heteroatoms. The van der Waals surface area contributed by atoms with Crippen LogP contribution in [0.4, 0.5) is 0 Å². The third-order valence-electron chi connectivity index (χ3n) is 3.16. The quantitative estimate of drug-likeness (QED) is 0.656. The lowest BCUT2D eigenvalue weighted by Gasteiger charge is -2.06. The Morgan fingerprint density at radius 3 is 2.33 bits per heavy atom. The van der Waals surface area contributed by atoms with Crippen molar-refractivity contribution in [3.8, 4) is 10.8 Å². The average molecular weight is 360 g/mol. The van der Waals surface area contributed by atoms with E-state index in [9.17, 15) is 8.42 Å². The molecule has 0 unspecified atom stereocenters. The van der Waals surface area contributed by atoms with E-state index in [0.29, 0.717) is 11.1 Å². The van der Waals surface area contributed by atoms with Gasteiger partial charge in [-0.3, -0.25) is 0 Å². The van der Waals surface area contributed by atoms with E-state index < -0.39 is 10.0 Å². The summed E-state index contributed by atoms with van der Waals surface area (Å²) >= 11 is 3.06. The van der Waals surface area contributed by atoms with Gasteiger partial charge in [0.05, 0.1) is 16.0 Å². The molecule has 3 nitrogen and oxygen atoms in total. The molecule has 0 amide bonds. The second kappa shape index (κ2) is 5.40. The van der Waals surface area contributed by atoms with Crippen LogP contribution in [0.25, 0.3) is 10.9 Å². The molecule has 21 heavy (non-hydrogen) atoms. The van der Waals surface area contributed by atoms with E-state index in [0.717, 1.165) is 5.39 Å². The fraction of sp³-hybridized carbons (Fsp3) is 0. The van der Waals surface area contributed by atoms with Crippen molar-refractivity contribution in [2.45, 2.75) is 4.90 Å². The van der Waals surface area contributed by atoms with Gasteiger partial charge in [0, 0.05) is 27.5 Å². The van der Waals surface area contributed by atoms with Crippen molar-refractivity contribution < 1.29 is 8.42 Å². The van der Waals surface area contributed by atoms with Crippen LogP contribution < -0.4 is 0 Å². The van der Waals surface area contributed by atoms with Gasteiger partial charge in [0.1, 0.15) is 0 Å². The predicted octanol–water partition coefficient (Wildman–Crippen LogP) is 3.58. The van der Waals surface area contributed by atoms with Gasteiger partial charge < -0.3 is 0 Å². The number of para-hydroxylation sites is 1. The van der Waals surface area contributed by atoms with Crippen molar-refractivity contribution in [3.63, 3.8) is 0 Å². The molecule has 0 saturated carbocycles. The number of benzene rings is 2. The fourth-order valence-electron chi connectivity index (χ4n) is 2.21. The third-order valence-corrected chi connectivity index (χ3v) is 5.05. The van der Waals surface area contributed by atoms with E-state index in [2.05, 4.69) is 26.7 Å². The number of nitrogens with zero attached hydrogens (tertiary/aromatic N) is 1. The Labute approximate surface area is 131 Å². The zero-order valence-electron chi connectivity index (χ0n) is 10.8. The van der Waals surface area contributed by atoms with E-state index in [-0.39, 0.29) is 4.90 Å².